The minimum atomic E-state index is -0.469. The highest BCUT2D eigenvalue weighted by Crippen LogP contribution is 2.35. The molecule has 0 unspecified atom stereocenters. The van der Waals surface area contributed by atoms with E-state index in [1.165, 1.54) is 11.1 Å². The highest BCUT2D eigenvalue weighted by Gasteiger charge is 2.36. The molecule has 114 valence electrons. The standard InChI is InChI=1S/C18H24O3/c1-5-8-10-14-13(9-6-2)12(7-3)11(4)15-16(14)18(20)21-17(15)19/h5-10H2,1-4H3. The Kier molecular flexibility index (Phi) is 4.81. The fourth-order valence-electron chi connectivity index (χ4n) is 3.38. The van der Waals surface area contributed by atoms with E-state index in [9.17, 15) is 9.59 Å². The molecule has 3 heteroatoms. The number of hydrogen-bond acceptors (Lipinski definition) is 3. The Morgan fingerprint density at radius 2 is 1.48 bits per heavy atom. The third-order valence-corrected chi connectivity index (χ3v) is 4.34. The van der Waals surface area contributed by atoms with Crippen molar-refractivity contribution in [2.45, 2.75) is 66.2 Å². The average molecular weight is 288 g/mol. The van der Waals surface area contributed by atoms with Crippen molar-refractivity contribution in [1.29, 1.82) is 0 Å². The number of carbonyl (C=O) groups excluding carboxylic acids is 2. The van der Waals surface area contributed by atoms with Crippen LogP contribution in [0.1, 0.15) is 83.0 Å². The van der Waals surface area contributed by atoms with Crippen LogP contribution in [0.15, 0.2) is 0 Å². The van der Waals surface area contributed by atoms with Crippen LogP contribution in [-0.4, -0.2) is 11.9 Å². The van der Waals surface area contributed by atoms with Crippen LogP contribution in [0, 0.1) is 6.92 Å². The van der Waals surface area contributed by atoms with E-state index in [2.05, 4.69) is 20.8 Å². The van der Waals surface area contributed by atoms with Crippen molar-refractivity contribution in [1.82, 2.24) is 0 Å². The number of benzene rings is 1. The molecule has 0 spiro atoms. The van der Waals surface area contributed by atoms with Gasteiger partial charge in [-0.3, -0.25) is 0 Å². The first-order valence-electron chi connectivity index (χ1n) is 8.00. The van der Waals surface area contributed by atoms with Gasteiger partial charge in [0.2, 0.25) is 0 Å². The van der Waals surface area contributed by atoms with E-state index in [-0.39, 0.29) is 0 Å². The summed E-state index contributed by atoms with van der Waals surface area (Å²) in [6.07, 6.45) is 5.82. The van der Waals surface area contributed by atoms with E-state index in [0.717, 1.165) is 49.7 Å². The number of unbranched alkanes of at least 4 members (excludes halogenated alkanes) is 1. The van der Waals surface area contributed by atoms with E-state index in [1.54, 1.807) is 0 Å². The predicted octanol–water partition coefficient (Wildman–Crippen LogP) is 4.16. The van der Waals surface area contributed by atoms with Crippen molar-refractivity contribution < 1.29 is 14.3 Å². The first-order chi connectivity index (χ1) is 10.1. The molecular formula is C18H24O3. The second kappa shape index (κ2) is 6.42. The number of hydrogen-bond donors (Lipinski definition) is 0. The third kappa shape index (κ3) is 2.61. The molecule has 0 saturated heterocycles. The van der Waals surface area contributed by atoms with Crippen molar-refractivity contribution in [2.75, 3.05) is 0 Å². The molecule has 0 fully saturated rings. The molecule has 0 bridgehead atoms. The minimum absolute atomic E-state index is 0.454. The molecule has 0 amide bonds. The van der Waals surface area contributed by atoms with Crippen LogP contribution in [0.3, 0.4) is 0 Å². The fraction of sp³-hybridized carbons (Fsp3) is 0.556. The van der Waals surface area contributed by atoms with Gasteiger partial charge in [0.15, 0.2) is 0 Å². The van der Waals surface area contributed by atoms with Crippen LogP contribution in [0.4, 0.5) is 0 Å². The zero-order chi connectivity index (χ0) is 15.6. The molecule has 1 aromatic rings. The molecule has 3 nitrogen and oxygen atoms in total. The predicted molar refractivity (Wildman–Crippen MR) is 82.9 cm³/mol. The highest BCUT2D eigenvalue weighted by molar-refractivity contribution is 6.16. The van der Waals surface area contributed by atoms with Crippen molar-refractivity contribution in [2.24, 2.45) is 0 Å². The highest BCUT2D eigenvalue weighted by atomic mass is 16.6. The van der Waals surface area contributed by atoms with E-state index in [0.29, 0.717) is 11.1 Å². The second-order valence-electron chi connectivity index (χ2n) is 5.69. The second-order valence-corrected chi connectivity index (χ2v) is 5.69. The summed E-state index contributed by atoms with van der Waals surface area (Å²) in [4.78, 5) is 24.1. The maximum Gasteiger partial charge on any atom is 0.347 e. The Morgan fingerprint density at radius 1 is 0.810 bits per heavy atom. The Labute approximate surface area is 126 Å². The SMILES string of the molecule is CCCCc1c(CCC)c(CC)c(C)c2c1C(=O)OC2=O. The number of cyclic esters (lactones) is 2. The van der Waals surface area contributed by atoms with Gasteiger partial charge in [-0.2, -0.15) is 0 Å². The van der Waals surface area contributed by atoms with Crippen LogP contribution in [-0.2, 0) is 24.0 Å². The van der Waals surface area contributed by atoms with Crippen molar-refractivity contribution in [3.05, 3.63) is 33.4 Å². The van der Waals surface area contributed by atoms with E-state index in [1.807, 2.05) is 6.92 Å². The van der Waals surface area contributed by atoms with Gasteiger partial charge in [-0.05, 0) is 54.9 Å². The summed E-state index contributed by atoms with van der Waals surface area (Å²) in [7, 11) is 0. The van der Waals surface area contributed by atoms with Crippen molar-refractivity contribution in [3.8, 4) is 0 Å². The smallest absolute Gasteiger partial charge is 0.347 e. The van der Waals surface area contributed by atoms with Crippen LogP contribution in [0.2, 0.25) is 0 Å². The zero-order valence-corrected chi connectivity index (χ0v) is 13.5. The number of carbonyl (C=O) groups is 2. The summed E-state index contributed by atoms with van der Waals surface area (Å²) in [5.41, 5.74) is 5.57. The molecular weight excluding hydrogens is 264 g/mol. The molecule has 1 heterocycles. The number of fused-ring (bicyclic) bond motifs is 1. The van der Waals surface area contributed by atoms with Crippen molar-refractivity contribution in [3.63, 3.8) is 0 Å². The first kappa shape index (κ1) is 15.7. The van der Waals surface area contributed by atoms with Crippen LogP contribution in [0.25, 0.3) is 0 Å². The molecule has 1 aliphatic rings. The van der Waals surface area contributed by atoms with Gasteiger partial charge in [-0.15, -0.1) is 0 Å². The topological polar surface area (TPSA) is 43.4 Å². The molecule has 2 rings (SSSR count). The van der Waals surface area contributed by atoms with Gasteiger partial charge >= 0.3 is 11.9 Å². The Balaban J connectivity index is 2.74. The number of ether oxygens (including phenoxy) is 1. The average Bonchev–Trinajstić information content (AvgIpc) is 2.75. The minimum Gasteiger partial charge on any atom is -0.386 e. The van der Waals surface area contributed by atoms with Gasteiger partial charge in [0, 0.05) is 0 Å². The van der Waals surface area contributed by atoms with Gasteiger partial charge in [0.1, 0.15) is 0 Å². The third-order valence-electron chi connectivity index (χ3n) is 4.34. The van der Waals surface area contributed by atoms with E-state index in [4.69, 9.17) is 4.74 Å². The number of esters is 2. The van der Waals surface area contributed by atoms with Gasteiger partial charge in [-0.25, -0.2) is 9.59 Å². The monoisotopic (exact) mass is 288 g/mol. The van der Waals surface area contributed by atoms with Gasteiger partial charge in [0.05, 0.1) is 11.1 Å². The lowest BCUT2D eigenvalue weighted by Crippen LogP contribution is -2.11. The lowest BCUT2D eigenvalue weighted by Gasteiger charge is -2.19. The maximum atomic E-state index is 12.1. The Bertz CT molecular complexity index is 585. The molecule has 0 saturated carbocycles. The summed E-state index contributed by atoms with van der Waals surface area (Å²) >= 11 is 0. The van der Waals surface area contributed by atoms with E-state index < -0.39 is 11.9 Å². The molecule has 0 radical (unpaired) electrons. The lowest BCUT2D eigenvalue weighted by atomic mass is 9.83. The largest absolute Gasteiger partial charge is 0.386 e. The normalized spacial score (nSPS) is 13.5. The number of rotatable bonds is 6. The molecule has 1 aromatic carbocycles. The summed E-state index contributed by atoms with van der Waals surface area (Å²) in [6, 6.07) is 0. The van der Waals surface area contributed by atoms with Crippen LogP contribution < -0.4 is 0 Å². The molecule has 21 heavy (non-hydrogen) atoms. The Morgan fingerprint density at radius 3 is 2.05 bits per heavy atom. The van der Waals surface area contributed by atoms with Gasteiger partial charge in [0.25, 0.3) is 0 Å². The summed E-state index contributed by atoms with van der Waals surface area (Å²) in [5.74, 6) is -0.924. The molecule has 0 atom stereocenters. The maximum absolute atomic E-state index is 12.1. The lowest BCUT2D eigenvalue weighted by molar-refractivity contribution is 0.0443. The van der Waals surface area contributed by atoms with Crippen molar-refractivity contribution >= 4 is 11.9 Å². The summed E-state index contributed by atoms with van der Waals surface area (Å²) in [5, 5.41) is 0. The molecule has 1 aliphatic heterocycles. The summed E-state index contributed by atoms with van der Waals surface area (Å²) in [6.45, 7) is 8.34. The summed E-state index contributed by atoms with van der Waals surface area (Å²) < 4.78 is 4.89. The quantitative estimate of drug-likeness (QED) is 0.583. The zero-order valence-electron chi connectivity index (χ0n) is 13.5. The van der Waals surface area contributed by atoms with Gasteiger partial charge in [-0.1, -0.05) is 33.6 Å². The van der Waals surface area contributed by atoms with E-state index >= 15 is 0 Å². The molecule has 0 N–H and O–H groups in total. The van der Waals surface area contributed by atoms with Crippen LogP contribution >= 0.6 is 0 Å². The van der Waals surface area contributed by atoms with Crippen LogP contribution in [0.5, 0.6) is 0 Å². The first-order valence-corrected chi connectivity index (χ1v) is 8.00. The molecule has 0 aromatic heterocycles. The Hall–Kier alpha value is -1.64. The van der Waals surface area contributed by atoms with Gasteiger partial charge < -0.3 is 4.74 Å². The molecule has 0 aliphatic carbocycles. The fourth-order valence-corrected chi connectivity index (χ4v) is 3.38.